The van der Waals surface area contributed by atoms with Crippen molar-refractivity contribution < 1.29 is 18.0 Å². The van der Waals surface area contributed by atoms with Crippen molar-refractivity contribution in [3.8, 4) is 0 Å². The van der Waals surface area contributed by atoms with E-state index in [-0.39, 0.29) is 22.6 Å². The summed E-state index contributed by atoms with van der Waals surface area (Å²) in [6.45, 7) is 6.49. The minimum Gasteiger partial charge on any atom is -0.342 e. The third-order valence-corrected chi connectivity index (χ3v) is 8.89. The van der Waals surface area contributed by atoms with Crippen molar-refractivity contribution in [3.63, 3.8) is 0 Å². The number of benzene rings is 1. The maximum Gasteiger partial charge on any atom is 0.264 e. The van der Waals surface area contributed by atoms with Crippen LogP contribution in [0.15, 0.2) is 29.4 Å². The Morgan fingerprint density at radius 2 is 2.03 bits per heavy atom. The van der Waals surface area contributed by atoms with Crippen molar-refractivity contribution in [2.24, 2.45) is 5.41 Å². The molecular formula is C21H27ClN4O4S. The van der Waals surface area contributed by atoms with Gasteiger partial charge in [0.05, 0.1) is 11.3 Å². The number of halogens is 1. The fourth-order valence-electron chi connectivity index (χ4n) is 4.67. The Morgan fingerprint density at radius 1 is 1.26 bits per heavy atom. The third kappa shape index (κ3) is 4.06. The van der Waals surface area contributed by atoms with E-state index in [1.54, 1.807) is 24.8 Å². The standard InChI is InChI=1S/C21H27ClN4O4S/c1-14-10-18(15(2)9-16(14)22)31(29,30)26-8-6-24-20(28)17(26)11-19(27)25-7-4-21(13-25)3-5-23-12-21/h6,8-10,17,23H,3-5,7,11-13H2,1-2H3,(H,24,28)/t17-,21?/m1/s1. The third-order valence-electron chi connectivity index (χ3n) is 6.56. The molecule has 3 aliphatic heterocycles. The van der Waals surface area contributed by atoms with Gasteiger partial charge in [0.25, 0.3) is 10.0 Å². The molecule has 3 heterocycles. The number of amides is 2. The molecule has 0 radical (unpaired) electrons. The lowest BCUT2D eigenvalue weighted by molar-refractivity contribution is -0.135. The molecule has 2 fully saturated rings. The molecule has 1 spiro atoms. The monoisotopic (exact) mass is 466 g/mol. The topological polar surface area (TPSA) is 98.8 Å². The molecule has 2 amide bonds. The number of nitrogens with one attached hydrogen (secondary N) is 2. The number of hydrogen-bond acceptors (Lipinski definition) is 5. The predicted octanol–water partition coefficient (Wildman–Crippen LogP) is 1.52. The number of nitrogens with zero attached hydrogens (tertiary/aromatic N) is 2. The number of carbonyl (C=O) groups excluding carboxylic acids is 2. The highest BCUT2D eigenvalue weighted by atomic mass is 35.5. The first-order valence-corrected chi connectivity index (χ1v) is 12.2. The van der Waals surface area contributed by atoms with Gasteiger partial charge in [-0.25, -0.2) is 8.42 Å². The Kier molecular flexibility index (Phi) is 5.78. The van der Waals surface area contributed by atoms with E-state index in [1.165, 1.54) is 18.5 Å². The summed E-state index contributed by atoms with van der Waals surface area (Å²) >= 11 is 6.13. The van der Waals surface area contributed by atoms with E-state index in [9.17, 15) is 18.0 Å². The van der Waals surface area contributed by atoms with Crippen LogP contribution in [-0.2, 0) is 19.6 Å². The van der Waals surface area contributed by atoms with Crippen molar-refractivity contribution in [2.75, 3.05) is 26.2 Å². The summed E-state index contributed by atoms with van der Waals surface area (Å²) in [6.07, 6.45) is 4.34. The maximum atomic E-state index is 13.5. The summed E-state index contributed by atoms with van der Waals surface area (Å²) in [7, 11) is -4.06. The molecule has 8 nitrogen and oxygen atoms in total. The van der Waals surface area contributed by atoms with Crippen LogP contribution >= 0.6 is 11.6 Å². The van der Waals surface area contributed by atoms with Gasteiger partial charge in [0.15, 0.2) is 0 Å². The van der Waals surface area contributed by atoms with Gasteiger partial charge in [-0.2, -0.15) is 0 Å². The Morgan fingerprint density at radius 3 is 2.74 bits per heavy atom. The van der Waals surface area contributed by atoms with E-state index in [1.807, 2.05) is 0 Å². The highest BCUT2D eigenvalue weighted by molar-refractivity contribution is 7.89. The normalized spacial score (nSPS) is 26.0. The first-order valence-electron chi connectivity index (χ1n) is 10.4. The molecular weight excluding hydrogens is 440 g/mol. The zero-order chi connectivity index (χ0) is 22.4. The average molecular weight is 467 g/mol. The molecule has 0 aliphatic carbocycles. The molecule has 4 rings (SSSR count). The average Bonchev–Trinajstić information content (AvgIpc) is 3.36. The largest absolute Gasteiger partial charge is 0.342 e. The molecule has 0 aromatic heterocycles. The van der Waals surface area contributed by atoms with E-state index in [0.717, 1.165) is 30.2 Å². The summed E-state index contributed by atoms with van der Waals surface area (Å²) in [5, 5.41) is 6.36. The van der Waals surface area contributed by atoms with Crippen molar-refractivity contribution in [2.45, 2.75) is 44.0 Å². The number of likely N-dealkylation sites (tertiary alicyclic amines) is 1. The number of rotatable bonds is 4. The second kappa shape index (κ2) is 8.11. The van der Waals surface area contributed by atoms with Crippen LogP contribution in [0.2, 0.25) is 5.02 Å². The quantitative estimate of drug-likeness (QED) is 0.701. The van der Waals surface area contributed by atoms with Crippen LogP contribution in [-0.4, -0.2) is 61.7 Å². The molecule has 0 bridgehead atoms. The molecule has 2 atom stereocenters. The molecule has 1 unspecified atom stereocenters. The van der Waals surface area contributed by atoms with Gasteiger partial charge in [0, 0.05) is 42.5 Å². The van der Waals surface area contributed by atoms with Gasteiger partial charge in [0.2, 0.25) is 11.8 Å². The van der Waals surface area contributed by atoms with Crippen molar-refractivity contribution >= 4 is 33.4 Å². The highest BCUT2D eigenvalue weighted by Gasteiger charge is 2.44. The number of hydrogen-bond donors (Lipinski definition) is 2. The SMILES string of the molecule is Cc1cc(S(=O)(=O)N2C=CNC(=O)[C@H]2CC(=O)N2CCC3(CCNC3)C2)c(C)cc1Cl. The molecule has 1 aromatic carbocycles. The van der Waals surface area contributed by atoms with Gasteiger partial charge in [-0.15, -0.1) is 0 Å². The van der Waals surface area contributed by atoms with Gasteiger partial charge in [-0.05, 0) is 56.5 Å². The summed E-state index contributed by atoms with van der Waals surface area (Å²) in [6, 6.07) is 1.96. The molecule has 0 saturated carbocycles. The van der Waals surface area contributed by atoms with Gasteiger partial charge in [-0.1, -0.05) is 11.6 Å². The van der Waals surface area contributed by atoms with E-state index < -0.39 is 22.0 Å². The summed E-state index contributed by atoms with van der Waals surface area (Å²) < 4.78 is 27.9. The Hall–Kier alpha value is -2.10. The zero-order valence-corrected chi connectivity index (χ0v) is 19.2. The minimum absolute atomic E-state index is 0.0726. The first-order chi connectivity index (χ1) is 14.6. The second-order valence-electron chi connectivity index (χ2n) is 8.74. The minimum atomic E-state index is -4.06. The Balaban J connectivity index is 1.58. The molecule has 2 N–H and O–H groups in total. The smallest absolute Gasteiger partial charge is 0.264 e. The van der Waals surface area contributed by atoms with Crippen LogP contribution in [0.5, 0.6) is 0 Å². The summed E-state index contributed by atoms with van der Waals surface area (Å²) in [5.41, 5.74) is 1.21. The Labute approximate surface area is 187 Å². The van der Waals surface area contributed by atoms with Crippen LogP contribution in [0.25, 0.3) is 0 Å². The van der Waals surface area contributed by atoms with E-state index in [4.69, 9.17) is 11.6 Å². The first kappa shape index (κ1) is 22.1. The molecule has 2 saturated heterocycles. The Bertz CT molecular complexity index is 1050. The second-order valence-corrected chi connectivity index (χ2v) is 11.0. The van der Waals surface area contributed by atoms with Gasteiger partial charge < -0.3 is 15.5 Å². The van der Waals surface area contributed by atoms with Gasteiger partial charge >= 0.3 is 0 Å². The zero-order valence-electron chi connectivity index (χ0n) is 17.7. The lowest BCUT2D eigenvalue weighted by atomic mass is 9.86. The fraction of sp³-hybridized carbons (Fsp3) is 0.524. The fourth-order valence-corrected chi connectivity index (χ4v) is 6.63. The van der Waals surface area contributed by atoms with Crippen LogP contribution in [0.4, 0.5) is 0 Å². The van der Waals surface area contributed by atoms with Crippen LogP contribution in [0.3, 0.4) is 0 Å². The molecule has 1 aromatic rings. The predicted molar refractivity (Wildman–Crippen MR) is 117 cm³/mol. The number of aryl methyl sites for hydroxylation is 2. The van der Waals surface area contributed by atoms with E-state index in [2.05, 4.69) is 10.6 Å². The maximum absolute atomic E-state index is 13.5. The number of carbonyl (C=O) groups is 2. The highest BCUT2D eigenvalue weighted by Crippen LogP contribution is 2.36. The van der Waals surface area contributed by atoms with E-state index >= 15 is 0 Å². The lowest BCUT2D eigenvalue weighted by Crippen LogP contribution is -2.51. The van der Waals surface area contributed by atoms with Crippen LogP contribution in [0.1, 0.15) is 30.4 Å². The molecule has 3 aliphatic rings. The summed E-state index contributed by atoms with van der Waals surface area (Å²) in [4.78, 5) is 27.5. The molecule has 10 heteroatoms. The van der Waals surface area contributed by atoms with Gasteiger partial charge in [-0.3, -0.25) is 13.9 Å². The van der Waals surface area contributed by atoms with Crippen LogP contribution < -0.4 is 10.6 Å². The van der Waals surface area contributed by atoms with Gasteiger partial charge in [0.1, 0.15) is 6.04 Å². The van der Waals surface area contributed by atoms with E-state index in [0.29, 0.717) is 29.2 Å². The van der Waals surface area contributed by atoms with Crippen molar-refractivity contribution in [3.05, 3.63) is 40.7 Å². The molecule has 168 valence electrons. The van der Waals surface area contributed by atoms with Crippen LogP contribution in [0, 0.1) is 19.3 Å². The lowest BCUT2D eigenvalue weighted by Gasteiger charge is -2.32. The van der Waals surface area contributed by atoms with Crippen molar-refractivity contribution in [1.29, 1.82) is 0 Å². The number of sulfonamides is 1. The van der Waals surface area contributed by atoms with Crippen molar-refractivity contribution in [1.82, 2.24) is 19.8 Å². The summed E-state index contributed by atoms with van der Waals surface area (Å²) in [5.74, 6) is -0.720. The molecule has 31 heavy (non-hydrogen) atoms.